The van der Waals surface area contributed by atoms with Crippen molar-refractivity contribution in [2.45, 2.75) is 18.9 Å². The normalized spacial score (nSPS) is 17.0. The Morgan fingerprint density at radius 2 is 2.00 bits per heavy atom. The van der Waals surface area contributed by atoms with Crippen LogP contribution in [0.1, 0.15) is 22.9 Å². The molecule has 1 aromatic heterocycles. The number of rotatable bonds is 5. The Morgan fingerprint density at radius 1 is 1.25 bits per heavy atom. The van der Waals surface area contributed by atoms with Crippen LogP contribution in [-0.4, -0.2) is 29.8 Å². The number of anilines is 1. The van der Waals surface area contributed by atoms with Gasteiger partial charge in [0.1, 0.15) is 6.04 Å². The van der Waals surface area contributed by atoms with Crippen LogP contribution in [0.15, 0.2) is 41.8 Å². The van der Waals surface area contributed by atoms with E-state index in [-0.39, 0.29) is 11.8 Å². The number of urea groups is 1. The predicted molar refractivity (Wildman–Crippen MR) is 91.8 cm³/mol. The number of nitrogens with one attached hydrogen (secondary N) is 2. The highest BCUT2D eigenvalue weighted by molar-refractivity contribution is 7.09. The Hall–Kier alpha value is -2.67. The molecule has 4 amide bonds. The van der Waals surface area contributed by atoms with E-state index in [9.17, 15) is 14.4 Å². The van der Waals surface area contributed by atoms with Gasteiger partial charge in [-0.05, 0) is 35.6 Å². The summed E-state index contributed by atoms with van der Waals surface area (Å²) in [4.78, 5) is 37.6. The van der Waals surface area contributed by atoms with Crippen LogP contribution in [0.5, 0.6) is 0 Å². The Balaban J connectivity index is 1.57. The van der Waals surface area contributed by atoms with Gasteiger partial charge in [-0.15, -0.1) is 11.3 Å². The van der Waals surface area contributed by atoms with Crippen LogP contribution in [0.3, 0.4) is 0 Å². The molecule has 2 aromatic rings. The second-order valence-corrected chi connectivity index (χ2v) is 6.56. The lowest BCUT2D eigenvalue weighted by Gasteiger charge is -2.10. The van der Waals surface area contributed by atoms with Gasteiger partial charge in [0.15, 0.2) is 0 Å². The Morgan fingerprint density at radius 3 is 2.58 bits per heavy atom. The summed E-state index contributed by atoms with van der Waals surface area (Å²) in [7, 11) is 1.44. The minimum absolute atomic E-state index is 0.0545. The number of nitrogens with zero attached hydrogens (tertiary/aromatic N) is 1. The molecule has 7 heteroatoms. The number of aryl methyl sites for hydroxylation is 1. The number of benzene rings is 1. The zero-order valence-corrected chi connectivity index (χ0v) is 13.9. The lowest BCUT2D eigenvalue weighted by atomic mass is 10.1. The fraction of sp³-hybridized carbons (Fsp3) is 0.235. The number of hydrogen-bond acceptors (Lipinski definition) is 4. The molecule has 24 heavy (non-hydrogen) atoms. The molecule has 6 nitrogen and oxygen atoms in total. The van der Waals surface area contributed by atoms with E-state index in [4.69, 9.17) is 0 Å². The summed E-state index contributed by atoms with van der Waals surface area (Å²) < 4.78 is 0. The van der Waals surface area contributed by atoms with Crippen molar-refractivity contribution in [2.75, 3.05) is 12.4 Å². The SMILES string of the molecule is CN1C(=O)NC(c2ccc(NC(=O)CCc3cccs3)cc2)C1=O. The maximum absolute atomic E-state index is 12.0. The molecule has 1 saturated heterocycles. The van der Waals surface area contributed by atoms with Crippen molar-refractivity contribution in [2.24, 2.45) is 0 Å². The van der Waals surface area contributed by atoms with E-state index >= 15 is 0 Å². The monoisotopic (exact) mass is 343 g/mol. The van der Waals surface area contributed by atoms with Crippen molar-refractivity contribution in [3.8, 4) is 0 Å². The highest BCUT2D eigenvalue weighted by atomic mass is 32.1. The van der Waals surface area contributed by atoms with Crippen LogP contribution in [0.2, 0.25) is 0 Å². The number of thiophene rings is 1. The number of hydrogen-bond donors (Lipinski definition) is 2. The average molecular weight is 343 g/mol. The highest BCUT2D eigenvalue weighted by Gasteiger charge is 2.36. The fourth-order valence-corrected chi connectivity index (χ4v) is 3.18. The van der Waals surface area contributed by atoms with E-state index in [0.717, 1.165) is 11.3 Å². The molecule has 2 N–H and O–H groups in total. The van der Waals surface area contributed by atoms with Gasteiger partial charge in [-0.1, -0.05) is 18.2 Å². The summed E-state index contributed by atoms with van der Waals surface area (Å²) in [5, 5.41) is 7.44. The molecule has 0 bridgehead atoms. The van der Waals surface area contributed by atoms with Gasteiger partial charge in [-0.2, -0.15) is 0 Å². The van der Waals surface area contributed by atoms with E-state index in [1.807, 2.05) is 17.5 Å². The molecule has 0 saturated carbocycles. The van der Waals surface area contributed by atoms with Crippen LogP contribution in [0, 0.1) is 0 Å². The molecule has 0 aliphatic carbocycles. The lowest BCUT2D eigenvalue weighted by molar-refractivity contribution is -0.126. The minimum Gasteiger partial charge on any atom is -0.326 e. The predicted octanol–water partition coefficient (Wildman–Crippen LogP) is 2.54. The summed E-state index contributed by atoms with van der Waals surface area (Å²) in [5.74, 6) is -0.339. The van der Waals surface area contributed by atoms with Crippen molar-refractivity contribution < 1.29 is 14.4 Å². The number of likely N-dealkylation sites (N-methyl/N-ethyl adjacent to an activating group) is 1. The molecule has 0 spiro atoms. The Bertz CT molecular complexity index is 756. The van der Waals surface area contributed by atoms with E-state index in [1.54, 1.807) is 35.6 Å². The first-order valence-corrected chi connectivity index (χ1v) is 8.43. The molecule has 1 fully saturated rings. The summed E-state index contributed by atoms with van der Waals surface area (Å²) in [5.41, 5.74) is 1.36. The van der Waals surface area contributed by atoms with E-state index < -0.39 is 12.1 Å². The third-order valence-corrected chi connectivity index (χ3v) is 4.79. The maximum Gasteiger partial charge on any atom is 0.324 e. The van der Waals surface area contributed by atoms with Crippen LogP contribution in [0.4, 0.5) is 10.5 Å². The van der Waals surface area contributed by atoms with Gasteiger partial charge in [0.05, 0.1) is 0 Å². The fourth-order valence-electron chi connectivity index (χ4n) is 2.48. The van der Waals surface area contributed by atoms with Gasteiger partial charge in [0.2, 0.25) is 5.91 Å². The van der Waals surface area contributed by atoms with Crippen molar-refractivity contribution >= 4 is 34.9 Å². The van der Waals surface area contributed by atoms with Gasteiger partial charge in [-0.25, -0.2) is 4.79 Å². The molecule has 1 unspecified atom stereocenters. The third kappa shape index (κ3) is 3.46. The number of carbonyl (C=O) groups excluding carboxylic acids is 3. The summed E-state index contributed by atoms with van der Waals surface area (Å²) >= 11 is 1.64. The van der Waals surface area contributed by atoms with Crippen LogP contribution in [-0.2, 0) is 16.0 Å². The number of carbonyl (C=O) groups is 3. The second kappa shape index (κ2) is 6.84. The summed E-state index contributed by atoms with van der Waals surface area (Å²) in [6.07, 6.45) is 1.14. The molecular weight excluding hydrogens is 326 g/mol. The molecule has 1 atom stereocenters. The number of amides is 4. The molecule has 1 aliphatic heterocycles. The van der Waals surface area contributed by atoms with Gasteiger partial charge in [0, 0.05) is 24.0 Å². The van der Waals surface area contributed by atoms with E-state index in [2.05, 4.69) is 10.6 Å². The highest BCUT2D eigenvalue weighted by Crippen LogP contribution is 2.22. The van der Waals surface area contributed by atoms with Crippen LogP contribution in [0.25, 0.3) is 0 Å². The molecule has 3 rings (SSSR count). The van der Waals surface area contributed by atoms with Crippen molar-refractivity contribution in [1.29, 1.82) is 0 Å². The first-order chi connectivity index (χ1) is 11.5. The zero-order chi connectivity index (χ0) is 17.1. The standard InChI is InChI=1S/C17H17N3O3S/c1-20-16(22)15(19-17(20)23)11-4-6-12(7-5-11)18-14(21)9-8-13-3-2-10-24-13/h2-7,10,15H,8-9H2,1H3,(H,18,21)(H,19,23). The largest absolute Gasteiger partial charge is 0.326 e. The molecular formula is C17H17N3O3S. The molecule has 124 valence electrons. The topological polar surface area (TPSA) is 78.5 Å². The summed E-state index contributed by atoms with van der Waals surface area (Å²) in [6, 6.07) is 9.84. The Labute approximate surface area is 143 Å². The van der Waals surface area contributed by atoms with Gasteiger partial charge in [0.25, 0.3) is 5.91 Å². The first-order valence-electron chi connectivity index (χ1n) is 7.55. The third-order valence-electron chi connectivity index (χ3n) is 3.86. The van der Waals surface area contributed by atoms with Gasteiger partial charge < -0.3 is 10.6 Å². The van der Waals surface area contributed by atoms with Crippen LogP contribution < -0.4 is 10.6 Å². The number of imide groups is 1. The second-order valence-electron chi connectivity index (χ2n) is 5.53. The molecule has 1 aliphatic rings. The van der Waals surface area contributed by atoms with Gasteiger partial charge in [-0.3, -0.25) is 14.5 Å². The zero-order valence-electron chi connectivity index (χ0n) is 13.1. The first kappa shape index (κ1) is 16.2. The average Bonchev–Trinajstić information content (AvgIpc) is 3.18. The summed E-state index contributed by atoms with van der Waals surface area (Å²) in [6.45, 7) is 0. The smallest absolute Gasteiger partial charge is 0.324 e. The quantitative estimate of drug-likeness (QED) is 0.819. The molecule has 2 heterocycles. The molecule has 1 aromatic carbocycles. The van der Waals surface area contributed by atoms with Crippen molar-refractivity contribution in [3.63, 3.8) is 0 Å². The van der Waals surface area contributed by atoms with Crippen LogP contribution >= 0.6 is 11.3 Å². The maximum atomic E-state index is 12.0. The van der Waals surface area contributed by atoms with E-state index in [0.29, 0.717) is 17.7 Å². The Kier molecular flexibility index (Phi) is 4.61. The van der Waals surface area contributed by atoms with Crippen molar-refractivity contribution in [3.05, 3.63) is 52.2 Å². The van der Waals surface area contributed by atoms with E-state index in [1.165, 1.54) is 11.9 Å². The minimum atomic E-state index is -0.661. The van der Waals surface area contributed by atoms with Gasteiger partial charge >= 0.3 is 6.03 Å². The lowest BCUT2D eigenvalue weighted by Crippen LogP contribution is -2.25. The molecule has 0 radical (unpaired) electrons. The van der Waals surface area contributed by atoms with Crippen molar-refractivity contribution in [1.82, 2.24) is 10.2 Å².